The summed E-state index contributed by atoms with van der Waals surface area (Å²) in [4.78, 5) is 0. The van der Waals surface area contributed by atoms with Gasteiger partial charge >= 0.3 is 6.18 Å². The van der Waals surface area contributed by atoms with Crippen LogP contribution in [0.25, 0.3) is 0 Å². The van der Waals surface area contributed by atoms with Crippen molar-refractivity contribution in [2.75, 3.05) is 0 Å². The number of hydrogen-bond donors (Lipinski definition) is 1. The lowest BCUT2D eigenvalue weighted by atomic mass is 10.1. The maximum absolute atomic E-state index is 13.3. The van der Waals surface area contributed by atoms with Crippen molar-refractivity contribution in [2.45, 2.75) is 12.8 Å². The van der Waals surface area contributed by atoms with E-state index < -0.39 is 23.3 Å². The number of phenolic OH excluding ortho intramolecular Hbond substituents is 1. The third-order valence-corrected chi connectivity index (χ3v) is 2.60. The highest BCUT2D eigenvalue weighted by Gasteiger charge is 2.33. The molecule has 106 valence electrons. The fraction of sp³-hybridized carbons (Fsp3) is 0.143. The predicted molar refractivity (Wildman–Crippen MR) is 63.8 cm³/mol. The summed E-state index contributed by atoms with van der Waals surface area (Å²) in [6.07, 6.45) is -4.62. The number of hydrogen-bond acceptors (Lipinski definition) is 2. The van der Waals surface area contributed by atoms with Gasteiger partial charge in [0.2, 0.25) is 0 Å². The van der Waals surface area contributed by atoms with E-state index in [1.54, 1.807) is 6.07 Å². The van der Waals surface area contributed by atoms with Crippen molar-refractivity contribution in [3.8, 4) is 11.5 Å². The Morgan fingerprint density at radius 3 is 2.35 bits per heavy atom. The van der Waals surface area contributed by atoms with Gasteiger partial charge in [0.1, 0.15) is 12.4 Å². The molecule has 0 heterocycles. The first-order valence-corrected chi connectivity index (χ1v) is 5.64. The van der Waals surface area contributed by atoms with Crippen molar-refractivity contribution >= 4 is 0 Å². The Hall–Kier alpha value is -2.24. The number of rotatable bonds is 3. The summed E-state index contributed by atoms with van der Waals surface area (Å²) >= 11 is 0. The molecule has 20 heavy (non-hydrogen) atoms. The van der Waals surface area contributed by atoms with Crippen molar-refractivity contribution in [2.24, 2.45) is 0 Å². The quantitative estimate of drug-likeness (QED) is 0.860. The zero-order valence-electron chi connectivity index (χ0n) is 10.1. The number of aromatic hydroxyl groups is 1. The van der Waals surface area contributed by atoms with Crippen LogP contribution in [0.15, 0.2) is 42.5 Å². The second-order valence-corrected chi connectivity index (χ2v) is 4.07. The van der Waals surface area contributed by atoms with Gasteiger partial charge in [0, 0.05) is 0 Å². The van der Waals surface area contributed by atoms with E-state index in [0.29, 0.717) is 5.56 Å². The van der Waals surface area contributed by atoms with Gasteiger partial charge in [0.05, 0.1) is 5.56 Å². The third kappa shape index (κ3) is 3.20. The summed E-state index contributed by atoms with van der Waals surface area (Å²) in [5.41, 5.74) is -0.814. The average Bonchev–Trinajstić information content (AvgIpc) is 2.36. The molecule has 0 aliphatic rings. The molecule has 0 atom stereocenters. The molecule has 0 spiro atoms. The Labute approximate surface area is 112 Å². The Balaban J connectivity index is 2.12. The highest BCUT2D eigenvalue weighted by atomic mass is 19.4. The molecular formula is C14H10F4O2. The average molecular weight is 286 g/mol. The lowest BCUT2D eigenvalue weighted by Gasteiger charge is -2.11. The molecule has 0 saturated heterocycles. The standard InChI is InChI=1S/C14H10F4O2/c15-11-3-1-2-4-13(11)20-8-9-5-6-10(12(19)7-9)14(16,17)18/h1-7,19H,8H2. The second kappa shape index (κ2) is 5.40. The van der Waals surface area contributed by atoms with E-state index in [1.165, 1.54) is 24.3 Å². The molecule has 0 amide bonds. The predicted octanol–water partition coefficient (Wildman–Crippen LogP) is 4.13. The van der Waals surface area contributed by atoms with E-state index in [9.17, 15) is 22.7 Å². The second-order valence-electron chi connectivity index (χ2n) is 4.07. The summed E-state index contributed by atoms with van der Waals surface area (Å²) in [7, 11) is 0. The molecule has 2 nitrogen and oxygen atoms in total. The number of benzene rings is 2. The molecule has 0 bridgehead atoms. The molecular weight excluding hydrogens is 276 g/mol. The van der Waals surface area contributed by atoms with Crippen molar-refractivity contribution in [3.63, 3.8) is 0 Å². The van der Waals surface area contributed by atoms with E-state index >= 15 is 0 Å². The van der Waals surface area contributed by atoms with Crippen LogP contribution in [0, 0.1) is 5.82 Å². The minimum Gasteiger partial charge on any atom is -0.507 e. The zero-order valence-corrected chi connectivity index (χ0v) is 10.1. The van der Waals surface area contributed by atoms with Gasteiger partial charge in [0.15, 0.2) is 11.6 Å². The topological polar surface area (TPSA) is 29.5 Å². The van der Waals surface area contributed by atoms with E-state index in [4.69, 9.17) is 4.74 Å². The summed E-state index contributed by atoms with van der Waals surface area (Å²) in [5, 5.41) is 9.33. The molecule has 0 aliphatic carbocycles. The van der Waals surface area contributed by atoms with Crippen LogP contribution in [-0.4, -0.2) is 5.11 Å². The summed E-state index contributed by atoms with van der Waals surface area (Å²) in [6, 6.07) is 8.55. The smallest absolute Gasteiger partial charge is 0.419 e. The van der Waals surface area contributed by atoms with Gasteiger partial charge in [-0.1, -0.05) is 18.2 Å². The Kier molecular flexibility index (Phi) is 3.83. The highest BCUT2D eigenvalue weighted by molar-refractivity contribution is 5.38. The first kappa shape index (κ1) is 14.2. The van der Waals surface area contributed by atoms with Crippen LogP contribution in [0.5, 0.6) is 11.5 Å². The molecule has 0 aromatic heterocycles. The SMILES string of the molecule is Oc1cc(COc2ccccc2F)ccc1C(F)(F)F. The Bertz CT molecular complexity index is 608. The van der Waals surface area contributed by atoms with Crippen molar-refractivity contribution in [1.29, 1.82) is 0 Å². The fourth-order valence-electron chi connectivity index (χ4n) is 1.63. The van der Waals surface area contributed by atoms with Gasteiger partial charge in [0.25, 0.3) is 0 Å². The Morgan fingerprint density at radius 1 is 1.05 bits per heavy atom. The van der Waals surface area contributed by atoms with Crippen LogP contribution in [-0.2, 0) is 12.8 Å². The first-order valence-electron chi connectivity index (χ1n) is 5.64. The molecule has 2 aromatic carbocycles. The minimum absolute atomic E-state index is 0.00751. The lowest BCUT2D eigenvalue weighted by molar-refractivity contribution is -0.138. The third-order valence-electron chi connectivity index (χ3n) is 2.60. The highest BCUT2D eigenvalue weighted by Crippen LogP contribution is 2.36. The molecule has 0 saturated carbocycles. The van der Waals surface area contributed by atoms with Crippen LogP contribution in [0.3, 0.4) is 0 Å². The van der Waals surface area contributed by atoms with E-state index in [0.717, 1.165) is 12.1 Å². The molecule has 6 heteroatoms. The molecule has 0 radical (unpaired) electrons. The maximum Gasteiger partial charge on any atom is 0.419 e. The van der Waals surface area contributed by atoms with Crippen LogP contribution < -0.4 is 4.74 Å². The number of ether oxygens (including phenoxy) is 1. The van der Waals surface area contributed by atoms with Crippen molar-refractivity contribution in [3.05, 3.63) is 59.4 Å². The Morgan fingerprint density at radius 2 is 1.75 bits per heavy atom. The summed E-state index contributed by atoms with van der Waals surface area (Å²) in [6.45, 7) is -0.146. The number of alkyl halides is 3. The van der Waals surface area contributed by atoms with E-state index in [1.807, 2.05) is 0 Å². The molecule has 0 unspecified atom stereocenters. The molecule has 1 N–H and O–H groups in total. The van der Waals surface area contributed by atoms with Crippen LogP contribution in [0.2, 0.25) is 0 Å². The van der Waals surface area contributed by atoms with Crippen molar-refractivity contribution < 1.29 is 27.4 Å². The molecule has 0 aliphatic heterocycles. The minimum atomic E-state index is -4.62. The number of para-hydroxylation sites is 1. The van der Waals surface area contributed by atoms with Gasteiger partial charge in [-0.15, -0.1) is 0 Å². The largest absolute Gasteiger partial charge is 0.507 e. The first-order chi connectivity index (χ1) is 9.38. The van der Waals surface area contributed by atoms with Crippen LogP contribution in [0.4, 0.5) is 17.6 Å². The van der Waals surface area contributed by atoms with Gasteiger partial charge in [-0.25, -0.2) is 4.39 Å². The van der Waals surface area contributed by atoms with E-state index in [2.05, 4.69) is 0 Å². The lowest BCUT2D eigenvalue weighted by Crippen LogP contribution is -2.06. The van der Waals surface area contributed by atoms with E-state index in [-0.39, 0.29) is 12.4 Å². The molecule has 2 rings (SSSR count). The zero-order chi connectivity index (χ0) is 14.8. The normalized spacial score (nSPS) is 11.4. The summed E-state index contributed by atoms with van der Waals surface area (Å²) < 4.78 is 55.7. The van der Waals surface area contributed by atoms with Gasteiger partial charge in [-0.2, -0.15) is 13.2 Å². The molecule has 0 fully saturated rings. The number of phenols is 1. The maximum atomic E-state index is 13.3. The molecule has 2 aromatic rings. The van der Waals surface area contributed by atoms with Crippen LogP contribution in [0.1, 0.15) is 11.1 Å². The number of halogens is 4. The summed E-state index contributed by atoms with van der Waals surface area (Å²) in [5.74, 6) is -1.46. The van der Waals surface area contributed by atoms with Gasteiger partial charge in [-0.3, -0.25) is 0 Å². The van der Waals surface area contributed by atoms with Crippen molar-refractivity contribution in [1.82, 2.24) is 0 Å². The van der Waals surface area contributed by atoms with Crippen LogP contribution >= 0.6 is 0 Å². The fourth-order valence-corrected chi connectivity index (χ4v) is 1.63. The van der Waals surface area contributed by atoms with Gasteiger partial charge < -0.3 is 9.84 Å². The monoisotopic (exact) mass is 286 g/mol. The van der Waals surface area contributed by atoms with Gasteiger partial charge in [-0.05, 0) is 29.8 Å².